The lowest BCUT2D eigenvalue weighted by Gasteiger charge is -1.86. The van der Waals surface area contributed by atoms with Gasteiger partial charge >= 0.3 is 0 Å². The van der Waals surface area contributed by atoms with Crippen LogP contribution in [-0.2, 0) is 4.79 Å². The summed E-state index contributed by atoms with van der Waals surface area (Å²) in [7, 11) is 0. The molecule has 0 aliphatic heterocycles. The highest BCUT2D eigenvalue weighted by molar-refractivity contribution is 5.46. The van der Waals surface area contributed by atoms with E-state index < -0.39 is 0 Å². The minimum Gasteiger partial charge on any atom is -0.338 e. The highest BCUT2D eigenvalue weighted by atomic mass is 16.1. The van der Waals surface area contributed by atoms with Crippen molar-refractivity contribution >= 4 is 11.8 Å². The third-order valence-electron chi connectivity index (χ3n) is 1.06. The predicted octanol–water partition coefficient (Wildman–Crippen LogP) is 0.630. The number of aryl methyl sites for hydroxylation is 1. The maximum absolute atomic E-state index is 9.66. The minimum atomic E-state index is 0.658. The molecule has 0 saturated carbocycles. The van der Waals surface area contributed by atoms with Crippen molar-refractivity contribution in [2.75, 3.05) is 5.32 Å². The molecule has 0 unspecified atom stereocenters. The summed E-state index contributed by atoms with van der Waals surface area (Å²) in [6, 6.07) is 1.81. The Morgan fingerprint density at radius 2 is 2.64 bits per heavy atom. The Morgan fingerprint density at radius 1 is 1.82 bits per heavy atom. The van der Waals surface area contributed by atoms with Crippen molar-refractivity contribution in [2.45, 2.75) is 6.92 Å². The molecule has 0 bridgehead atoms. The molecular formula is C7H7N3O. The zero-order valence-electron chi connectivity index (χ0n) is 6.01. The van der Waals surface area contributed by atoms with Gasteiger partial charge in [-0.1, -0.05) is 0 Å². The maximum atomic E-state index is 9.66. The van der Waals surface area contributed by atoms with E-state index in [2.05, 4.69) is 21.2 Å². The second-order valence-electron chi connectivity index (χ2n) is 1.97. The van der Waals surface area contributed by atoms with Crippen molar-refractivity contribution in [3.8, 4) is 0 Å². The van der Waals surface area contributed by atoms with Crippen molar-refractivity contribution in [3.05, 3.63) is 23.7 Å². The number of nitrogens with zero attached hydrogens (tertiary/aromatic N) is 1. The monoisotopic (exact) mass is 149 g/mol. The number of nitrogens with one attached hydrogen (secondary N) is 2. The van der Waals surface area contributed by atoms with Gasteiger partial charge in [-0.2, -0.15) is 5.10 Å². The number of hydrogen-bond donors (Lipinski definition) is 2. The van der Waals surface area contributed by atoms with Gasteiger partial charge in [-0.05, 0) is 12.7 Å². The van der Waals surface area contributed by atoms with Crippen LogP contribution in [0.15, 0.2) is 18.0 Å². The van der Waals surface area contributed by atoms with Crippen LogP contribution in [0.2, 0.25) is 0 Å². The van der Waals surface area contributed by atoms with Gasteiger partial charge in [-0.15, -0.1) is 0 Å². The van der Waals surface area contributed by atoms with E-state index in [0.29, 0.717) is 5.82 Å². The van der Waals surface area contributed by atoms with Gasteiger partial charge in [0.15, 0.2) is 11.8 Å². The van der Waals surface area contributed by atoms with Gasteiger partial charge in [0.25, 0.3) is 0 Å². The fraction of sp³-hybridized carbons (Fsp3) is 0.143. The summed E-state index contributed by atoms with van der Waals surface area (Å²) in [5, 5.41) is 9.31. The minimum absolute atomic E-state index is 0.658. The number of H-pyrrole nitrogens is 1. The average molecular weight is 149 g/mol. The van der Waals surface area contributed by atoms with Crippen LogP contribution in [0.3, 0.4) is 0 Å². The van der Waals surface area contributed by atoms with Gasteiger partial charge in [0, 0.05) is 11.8 Å². The molecule has 1 aromatic rings. The fourth-order valence-corrected chi connectivity index (χ4v) is 0.631. The predicted molar refractivity (Wildman–Crippen MR) is 40.7 cm³/mol. The first-order chi connectivity index (χ1) is 5.33. The van der Waals surface area contributed by atoms with E-state index in [0.717, 1.165) is 5.69 Å². The Morgan fingerprint density at radius 3 is 3.18 bits per heavy atom. The van der Waals surface area contributed by atoms with Crippen LogP contribution in [-0.4, -0.2) is 16.1 Å². The first-order valence-corrected chi connectivity index (χ1v) is 3.06. The summed E-state index contributed by atoms with van der Waals surface area (Å²) in [4.78, 5) is 9.66. The summed E-state index contributed by atoms with van der Waals surface area (Å²) in [6.45, 7) is 1.89. The Balaban J connectivity index is 2.65. The third-order valence-corrected chi connectivity index (χ3v) is 1.06. The van der Waals surface area contributed by atoms with E-state index in [1.165, 1.54) is 12.1 Å². The SMILES string of the molecule is Cc1cc(NC=C=C=O)n[nH]1. The molecule has 0 atom stereocenters. The molecule has 4 nitrogen and oxygen atoms in total. The first-order valence-electron chi connectivity index (χ1n) is 3.06. The average Bonchev–Trinajstić information content (AvgIpc) is 2.37. The van der Waals surface area contributed by atoms with Crippen LogP contribution in [0.1, 0.15) is 5.69 Å². The number of rotatable bonds is 2. The van der Waals surface area contributed by atoms with Crippen molar-refractivity contribution in [2.24, 2.45) is 0 Å². The van der Waals surface area contributed by atoms with Crippen molar-refractivity contribution in [3.63, 3.8) is 0 Å². The summed E-state index contributed by atoms with van der Waals surface area (Å²) in [6.07, 6.45) is 1.35. The number of carbonyl (C=O) groups excluding carboxylic acids is 1. The highest BCUT2D eigenvalue weighted by Crippen LogP contribution is 2.02. The Labute approximate surface area is 63.6 Å². The Kier molecular flexibility index (Phi) is 2.28. The lowest BCUT2D eigenvalue weighted by molar-refractivity contribution is 0.569. The van der Waals surface area contributed by atoms with E-state index in [4.69, 9.17) is 0 Å². The van der Waals surface area contributed by atoms with Crippen LogP contribution in [0.25, 0.3) is 0 Å². The molecule has 1 rings (SSSR count). The summed E-state index contributed by atoms with van der Waals surface area (Å²) >= 11 is 0. The quantitative estimate of drug-likeness (QED) is 0.479. The summed E-state index contributed by atoms with van der Waals surface area (Å²) in [5.74, 6) is 2.15. The molecule has 0 amide bonds. The standard InChI is InChI=1S/C7H7N3O/c1-6-5-7(10-9-6)8-3-2-4-11/h3,5H,1H3,(H2,8,9,10). The molecule has 1 heterocycles. The van der Waals surface area contributed by atoms with Gasteiger partial charge in [0.2, 0.25) is 0 Å². The molecule has 2 N–H and O–H groups in total. The van der Waals surface area contributed by atoms with Crippen LogP contribution in [0.5, 0.6) is 0 Å². The van der Waals surface area contributed by atoms with E-state index >= 15 is 0 Å². The van der Waals surface area contributed by atoms with Gasteiger partial charge in [0.1, 0.15) is 0 Å². The van der Waals surface area contributed by atoms with E-state index in [-0.39, 0.29) is 0 Å². The summed E-state index contributed by atoms with van der Waals surface area (Å²) < 4.78 is 0. The number of anilines is 1. The lowest BCUT2D eigenvalue weighted by atomic mass is 10.5. The molecule has 0 radical (unpaired) electrons. The van der Waals surface area contributed by atoms with Gasteiger partial charge in [0.05, 0.1) is 6.20 Å². The molecule has 0 aliphatic carbocycles. The van der Waals surface area contributed by atoms with E-state index in [1.807, 2.05) is 13.0 Å². The van der Waals surface area contributed by atoms with Gasteiger partial charge in [-0.3, -0.25) is 5.10 Å². The number of aromatic amines is 1. The number of hydrogen-bond acceptors (Lipinski definition) is 3. The van der Waals surface area contributed by atoms with E-state index in [1.54, 1.807) is 0 Å². The Hall–Kier alpha value is -1.76. The molecule has 0 fully saturated rings. The van der Waals surface area contributed by atoms with Crippen molar-refractivity contribution < 1.29 is 4.79 Å². The van der Waals surface area contributed by atoms with Crippen LogP contribution in [0, 0.1) is 6.92 Å². The van der Waals surface area contributed by atoms with Crippen LogP contribution in [0.4, 0.5) is 5.82 Å². The second-order valence-corrected chi connectivity index (χ2v) is 1.97. The summed E-state index contributed by atoms with van der Waals surface area (Å²) in [5.41, 5.74) is 3.17. The molecule has 0 aliphatic rings. The number of aromatic nitrogens is 2. The van der Waals surface area contributed by atoms with E-state index in [9.17, 15) is 4.79 Å². The lowest BCUT2D eigenvalue weighted by Crippen LogP contribution is -1.84. The molecule has 4 heteroatoms. The van der Waals surface area contributed by atoms with Crippen LogP contribution < -0.4 is 5.32 Å². The molecule has 11 heavy (non-hydrogen) atoms. The normalized spacial score (nSPS) is 8.09. The first kappa shape index (κ1) is 7.35. The van der Waals surface area contributed by atoms with Crippen LogP contribution >= 0.6 is 0 Å². The molecular weight excluding hydrogens is 142 g/mol. The Bertz CT molecular complexity index is 316. The third kappa shape index (κ3) is 2.14. The molecule has 0 aromatic carbocycles. The fourth-order valence-electron chi connectivity index (χ4n) is 0.631. The van der Waals surface area contributed by atoms with Crippen molar-refractivity contribution in [1.29, 1.82) is 0 Å². The molecule has 0 spiro atoms. The molecule has 1 aromatic heterocycles. The highest BCUT2D eigenvalue weighted by Gasteiger charge is 1.91. The zero-order valence-corrected chi connectivity index (χ0v) is 6.01. The molecule has 56 valence electrons. The maximum Gasteiger partial charge on any atom is 0.178 e. The second kappa shape index (κ2) is 3.42. The molecule has 0 saturated heterocycles. The van der Waals surface area contributed by atoms with Gasteiger partial charge < -0.3 is 5.32 Å². The zero-order chi connectivity index (χ0) is 8.10. The van der Waals surface area contributed by atoms with Crippen molar-refractivity contribution in [1.82, 2.24) is 10.2 Å². The smallest absolute Gasteiger partial charge is 0.178 e. The largest absolute Gasteiger partial charge is 0.338 e. The topological polar surface area (TPSA) is 57.8 Å². The van der Waals surface area contributed by atoms with Gasteiger partial charge in [-0.25, -0.2) is 4.79 Å².